The van der Waals surface area contributed by atoms with Crippen molar-refractivity contribution in [1.82, 2.24) is 4.90 Å². The monoisotopic (exact) mass is 443 g/mol. The molecule has 8 heteroatoms. The van der Waals surface area contributed by atoms with E-state index in [-0.39, 0.29) is 17.7 Å². The van der Waals surface area contributed by atoms with E-state index < -0.39 is 41.4 Å². The molecule has 4 nitrogen and oxygen atoms in total. The molecule has 0 spiro atoms. The average Bonchev–Trinajstić information content (AvgIpc) is 2.76. The van der Waals surface area contributed by atoms with Gasteiger partial charge in [0.2, 0.25) is 0 Å². The highest BCUT2D eigenvalue weighted by Gasteiger charge is 2.44. The smallest absolute Gasteiger partial charge is 0.416 e. The third-order valence-corrected chi connectivity index (χ3v) is 5.55. The fourth-order valence-corrected chi connectivity index (χ4v) is 4.06. The highest BCUT2D eigenvalue weighted by molar-refractivity contribution is 6.00. The second kappa shape index (κ2) is 8.11. The summed E-state index contributed by atoms with van der Waals surface area (Å²) < 4.78 is 52.4. The molecule has 0 radical (unpaired) electrons. The molecule has 2 atom stereocenters. The highest BCUT2D eigenvalue weighted by Crippen LogP contribution is 2.44. The summed E-state index contributed by atoms with van der Waals surface area (Å²) in [4.78, 5) is 27.0. The van der Waals surface area contributed by atoms with Gasteiger partial charge in [-0.05, 0) is 47.0 Å². The van der Waals surface area contributed by atoms with Crippen molar-refractivity contribution < 1.29 is 32.3 Å². The fourth-order valence-electron chi connectivity index (χ4n) is 4.06. The second-order valence-electron chi connectivity index (χ2n) is 7.53. The minimum absolute atomic E-state index is 0.0388. The molecule has 1 aliphatic rings. The Morgan fingerprint density at radius 2 is 1.56 bits per heavy atom. The van der Waals surface area contributed by atoms with Crippen LogP contribution in [0.1, 0.15) is 44.6 Å². The zero-order valence-electron chi connectivity index (χ0n) is 16.5. The van der Waals surface area contributed by atoms with E-state index in [2.05, 4.69) is 0 Å². The first-order valence-corrected chi connectivity index (χ1v) is 9.71. The molecule has 1 N–H and O–H groups in total. The lowest BCUT2D eigenvalue weighted by Gasteiger charge is -2.41. The van der Waals surface area contributed by atoms with Gasteiger partial charge in [-0.15, -0.1) is 0 Å². The molecule has 4 rings (SSSR count). The molecule has 32 heavy (non-hydrogen) atoms. The first kappa shape index (κ1) is 21.5. The predicted molar refractivity (Wildman–Crippen MR) is 107 cm³/mol. The number of hydrogen-bond acceptors (Lipinski definition) is 2. The Kier molecular flexibility index (Phi) is 5.46. The Balaban J connectivity index is 1.85. The quantitative estimate of drug-likeness (QED) is 0.549. The number of hydrogen-bond donors (Lipinski definition) is 1. The fraction of sp³-hybridized carbons (Fsp3) is 0.167. The minimum Gasteiger partial charge on any atom is -0.481 e. The lowest BCUT2D eigenvalue weighted by molar-refractivity contribution is -0.141. The van der Waals surface area contributed by atoms with Gasteiger partial charge in [0.15, 0.2) is 0 Å². The van der Waals surface area contributed by atoms with Crippen LogP contribution in [0.25, 0.3) is 0 Å². The standard InChI is InChI=1S/C24H17F4NO3/c25-17-11-5-14(6-12-17)13-29-21(15-7-9-16(10-8-15)24(26,27)28)20(23(31)32)18-3-1-2-4-19(18)22(29)30/h1-12,20-21H,13H2,(H,31,32). The molecule has 1 amide bonds. The van der Waals surface area contributed by atoms with E-state index in [1.807, 2.05) is 0 Å². The van der Waals surface area contributed by atoms with Crippen molar-refractivity contribution in [2.24, 2.45) is 0 Å². The van der Waals surface area contributed by atoms with Crippen molar-refractivity contribution in [3.8, 4) is 0 Å². The third kappa shape index (κ3) is 3.95. The predicted octanol–water partition coefficient (Wildman–Crippen LogP) is 5.41. The van der Waals surface area contributed by atoms with E-state index >= 15 is 0 Å². The Labute approximate surface area is 180 Å². The number of halogens is 4. The molecule has 0 bridgehead atoms. The SMILES string of the molecule is O=C(O)C1c2ccccc2C(=O)N(Cc2ccc(F)cc2)C1c1ccc(C(F)(F)F)cc1. The van der Waals surface area contributed by atoms with Gasteiger partial charge in [0, 0.05) is 12.1 Å². The first-order valence-electron chi connectivity index (χ1n) is 9.71. The molecule has 0 saturated heterocycles. The minimum atomic E-state index is -4.55. The Morgan fingerprint density at radius 3 is 2.16 bits per heavy atom. The van der Waals surface area contributed by atoms with Crippen LogP contribution in [0.4, 0.5) is 17.6 Å². The van der Waals surface area contributed by atoms with Gasteiger partial charge in [-0.1, -0.05) is 42.5 Å². The number of rotatable bonds is 4. The van der Waals surface area contributed by atoms with E-state index in [9.17, 15) is 32.3 Å². The van der Waals surface area contributed by atoms with Crippen LogP contribution in [0.2, 0.25) is 0 Å². The van der Waals surface area contributed by atoms with Crippen LogP contribution in [-0.2, 0) is 17.5 Å². The van der Waals surface area contributed by atoms with E-state index in [0.717, 1.165) is 12.1 Å². The molecule has 3 aromatic carbocycles. The van der Waals surface area contributed by atoms with Gasteiger partial charge >= 0.3 is 12.1 Å². The molecule has 2 unspecified atom stereocenters. The van der Waals surface area contributed by atoms with Crippen molar-refractivity contribution in [1.29, 1.82) is 0 Å². The van der Waals surface area contributed by atoms with Crippen LogP contribution >= 0.6 is 0 Å². The van der Waals surface area contributed by atoms with Crippen molar-refractivity contribution in [2.45, 2.75) is 24.7 Å². The summed E-state index contributed by atoms with van der Waals surface area (Å²) in [6.45, 7) is -0.0388. The van der Waals surface area contributed by atoms with Crippen molar-refractivity contribution >= 4 is 11.9 Å². The van der Waals surface area contributed by atoms with E-state index in [0.29, 0.717) is 11.1 Å². The van der Waals surface area contributed by atoms with Crippen LogP contribution in [0.5, 0.6) is 0 Å². The molecule has 164 valence electrons. The number of nitrogens with zero attached hydrogens (tertiary/aromatic N) is 1. The number of benzene rings is 3. The summed E-state index contributed by atoms with van der Waals surface area (Å²) >= 11 is 0. The van der Waals surface area contributed by atoms with Gasteiger partial charge in [0.25, 0.3) is 5.91 Å². The second-order valence-corrected chi connectivity index (χ2v) is 7.53. The molecule has 0 saturated carbocycles. The van der Waals surface area contributed by atoms with Gasteiger partial charge in [0.1, 0.15) is 11.7 Å². The van der Waals surface area contributed by atoms with Crippen molar-refractivity contribution in [3.05, 3.63) is 106 Å². The molecule has 0 aromatic heterocycles. The number of carboxylic acids is 1. The number of carboxylic acid groups (broad SMARTS) is 1. The molecular formula is C24H17F4NO3. The summed E-state index contributed by atoms with van der Waals surface area (Å²) in [7, 11) is 0. The summed E-state index contributed by atoms with van der Waals surface area (Å²) in [5.41, 5.74) is 0.451. The number of carbonyl (C=O) groups excluding carboxylic acids is 1. The maximum atomic E-state index is 13.3. The zero-order chi connectivity index (χ0) is 23.0. The van der Waals surface area contributed by atoms with E-state index in [4.69, 9.17) is 0 Å². The summed E-state index contributed by atoms with van der Waals surface area (Å²) in [6.07, 6.45) is -4.55. The Bertz CT molecular complexity index is 1160. The van der Waals surface area contributed by atoms with Gasteiger partial charge < -0.3 is 10.0 Å². The topological polar surface area (TPSA) is 57.6 Å². The lowest BCUT2D eigenvalue weighted by Crippen LogP contribution is -2.44. The zero-order valence-corrected chi connectivity index (χ0v) is 16.5. The largest absolute Gasteiger partial charge is 0.481 e. The summed E-state index contributed by atoms with van der Waals surface area (Å²) in [6, 6.07) is 14.8. The van der Waals surface area contributed by atoms with Gasteiger partial charge in [-0.2, -0.15) is 13.2 Å². The van der Waals surface area contributed by atoms with E-state index in [1.165, 1.54) is 47.4 Å². The molecule has 1 aliphatic heterocycles. The Hall–Kier alpha value is -3.68. The van der Waals surface area contributed by atoms with Gasteiger partial charge in [0.05, 0.1) is 11.6 Å². The molecule has 3 aromatic rings. The number of carbonyl (C=O) groups is 2. The van der Waals surface area contributed by atoms with Crippen LogP contribution in [0.15, 0.2) is 72.8 Å². The number of aliphatic carboxylic acids is 1. The lowest BCUT2D eigenvalue weighted by atomic mass is 9.79. The summed E-state index contributed by atoms with van der Waals surface area (Å²) in [5.74, 6) is -3.32. The van der Waals surface area contributed by atoms with Crippen LogP contribution in [-0.4, -0.2) is 21.9 Å². The molecule has 0 fully saturated rings. The number of alkyl halides is 3. The normalized spacial score (nSPS) is 18.4. The first-order chi connectivity index (χ1) is 15.2. The maximum Gasteiger partial charge on any atom is 0.416 e. The van der Waals surface area contributed by atoms with E-state index in [1.54, 1.807) is 18.2 Å². The summed E-state index contributed by atoms with van der Waals surface area (Å²) in [5, 5.41) is 10.0. The molecular weight excluding hydrogens is 426 g/mol. The van der Waals surface area contributed by atoms with Gasteiger partial charge in [-0.3, -0.25) is 9.59 Å². The van der Waals surface area contributed by atoms with Crippen LogP contribution in [0, 0.1) is 5.82 Å². The maximum absolute atomic E-state index is 13.3. The van der Waals surface area contributed by atoms with Gasteiger partial charge in [-0.25, -0.2) is 4.39 Å². The molecule has 1 heterocycles. The highest BCUT2D eigenvalue weighted by atomic mass is 19.4. The van der Waals surface area contributed by atoms with Crippen LogP contribution in [0.3, 0.4) is 0 Å². The molecule has 0 aliphatic carbocycles. The number of amides is 1. The number of fused-ring (bicyclic) bond motifs is 1. The van der Waals surface area contributed by atoms with Crippen LogP contribution < -0.4 is 0 Å². The van der Waals surface area contributed by atoms with Crippen molar-refractivity contribution in [2.75, 3.05) is 0 Å². The van der Waals surface area contributed by atoms with Crippen molar-refractivity contribution in [3.63, 3.8) is 0 Å². The average molecular weight is 443 g/mol. The third-order valence-electron chi connectivity index (χ3n) is 5.55. The Morgan fingerprint density at radius 1 is 0.938 bits per heavy atom.